The van der Waals surface area contributed by atoms with Gasteiger partial charge in [0.1, 0.15) is 6.26 Å². The van der Waals surface area contributed by atoms with Crippen molar-refractivity contribution < 1.29 is 15.3 Å². The molecule has 0 saturated carbocycles. The van der Waals surface area contributed by atoms with Crippen LogP contribution in [0, 0.1) is 0 Å². The van der Waals surface area contributed by atoms with Gasteiger partial charge in [-0.15, -0.1) is 0 Å². The zero-order valence-corrected chi connectivity index (χ0v) is 2.46. The minimum atomic E-state index is 0.583. The van der Waals surface area contributed by atoms with E-state index in [4.69, 9.17) is 10.4 Å². The summed E-state index contributed by atoms with van der Waals surface area (Å²) in [5, 5.41) is 14.9. The summed E-state index contributed by atoms with van der Waals surface area (Å²) in [7, 11) is 0. The van der Waals surface area contributed by atoms with Crippen LogP contribution in [0.4, 0.5) is 0 Å². The molecule has 0 radical (unpaired) electrons. The minimum Gasteiger partial charge on any atom is -0.512 e. The Morgan fingerprint density at radius 3 is 2.20 bits per heavy atom. The Labute approximate surface area is 29.0 Å². The minimum absolute atomic E-state index is 0.583. The van der Waals surface area contributed by atoms with Gasteiger partial charge in [-0.2, -0.15) is 0 Å². The van der Waals surface area contributed by atoms with E-state index in [0.717, 1.165) is 6.26 Å². The number of hydrogen-bond donors (Lipinski definition) is 2. The maximum Gasteiger partial charge on any atom is 0.163 e. The van der Waals surface area contributed by atoms with E-state index in [2.05, 4.69) is 4.89 Å². The third-order valence-electron chi connectivity index (χ3n) is 0.122. The van der Waals surface area contributed by atoms with Gasteiger partial charge in [0.25, 0.3) is 0 Å². The van der Waals surface area contributed by atoms with Crippen molar-refractivity contribution in [3.05, 3.63) is 12.5 Å². The zero-order valence-electron chi connectivity index (χ0n) is 2.46. The van der Waals surface area contributed by atoms with Crippen molar-refractivity contribution in [3.63, 3.8) is 0 Å². The van der Waals surface area contributed by atoms with E-state index >= 15 is 0 Å². The highest BCUT2D eigenvalue weighted by molar-refractivity contribution is 4.52. The van der Waals surface area contributed by atoms with Crippen molar-refractivity contribution in [3.8, 4) is 0 Å². The second kappa shape index (κ2) is 3.30. The van der Waals surface area contributed by atoms with E-state index in [1.54, 1.807) is 0 Å². The second-order valence-corrected chi connectivity index (χ2v) is 0.391. The van der Waals surface area contributed by atoms with Crippen molar-refractivity contribution in [1.29, 1.82) is 0 Å². The van der Waals surface area contributed by atoms with E-state index < -0.39 is 0 Å². The van der Waals surface area contributed by atoms with Gasteiger partial charge < -0.3 is 9.99 Å². The van der Waals surface area contributed by atoms with Gasteiger partial charge in [-0.05, 0) is 0 Å². The molecule has 0 unspecified atom stereocenters. The summed E-state index contributed by atoms with van der Waals surface area (Å²) in [6.45, 7) is 0. The summed E-state index contributed by atoms with van der Waals surface area (Å²) < 4.78 is 0. The van der Waals surface area contributed by atoms with E-state index in [0.29, 0.717) is 6.26 Å². The number of aliphatic hydroxyl groups excluding tert-OH is 1. The van der Waals surface area contributed by atoms with Crippen LogP contribution in [0.25, 0.3) is 0 Å². The molecule has 0 spiro atoms. The number of aliphatic hydroxyl groups is 1. The van der Waals surface area contributed by atoms with Crippen LogP contribution in [0.1, 0.15) is 0 Å². The topological polar surface area (TPSA) is 49.7 Å². The van der Waals surface area contributed by atoms with Crippen LogP contribution in [0.5, 0.6) is 0 Å². The van der Waals surface area contributed by atoms with E-state index in [1.807, 2.05) is 0 Å². The highest BCUT2D eigenvalue weighted by Gasteiger charge is 1.51. The largest absolute Gasteiger partial charge is 0.512 e. The van der Waals surface area contributed by atoms with E-state index in [-0.39, 0.29) is 0 Å². The van der Waals surface area contributed by atoms with E-state index in [9.17, 15) is 0 Å². The van der Waals surface area contributed by atoms with Gasteiger partial charge in [0.2, 0.25) is 0 Å². The Morgan fingerprint density at radius 1 is 1.60 bits per heavy atom. The van der Waals surface area contributed by atoms with Crippen LogP contribution in [0.2, 0.25) is 0 Å². The first-order valence-electron chi connectivity index (χ1n) is 1.01. The van der Waals surface area contributed by atoms with E-state index in [1.165, 1.54) is 0 Å². The average molecular weight is 76.1 g/mol. The van der Waals surface area contributed by atoms with Gasteiger partial charge in [-0.25, -0.2) is 5.26 Å². The van der Waals surface area contributed by atoms with Gasteiger partial charge >= 0.3 is 0 Å². The Balaban J connectivity index is 2.62. The molecule has 0 amide bonds. The van der Waals surface area contributed by atoms with Gasteiger partial charge in [0.05, 0.1) is 0 Å². The molecule has 0 fully saturated rings. The van der Waals surface area contributed by atoms with Crippen LogP contribution in [-0.2, 0) is 4.89 Å². The summed E-state index contributed by atoms with van der Waals surface area (Å²) in [4.78, 5) is 3.26. The molecule has 5 heavy (non-hydrogen) atoms. The lowest BCUT2D eigenvalue weighted by molar-refractivity contribution is -0.188. The van der Waals surface area contributed by atoms with Gasteiger partial charge in [-0.1, -0.05) is 0 Å². The zero-order chi connectivity index (χ0) is 4.12. The summed E-state index contributed by atoms with van der Waals surface area (Å²) in [5.41, 5.74) is 0. The fraction of sp³-hybridized carbons (Fsp3) is 0. The number of hydrogen-bond acceptors (Lipinski definition) is 3. The van der Waals surface area contributed by atoms with Gasteiger partial charge in [-0.3, -0.25) is 0 Å². The molecule has 0 aliphatic carbocycles. The Kier molecular flexibility index (Phi) is 2.84. The molecule has 0 aromatic carbocycles. The van der Waals surface area contributed by atoms with Crippen LogP contribution >= 0.6 is 0 Å². The van der Waals surface area contributed by atoms with Crippen LogP contribution in [0.15, 0.2) is 12.5 Å². The molecule has 0 heterocycles. The van der Waals surface area contributed by atoms with Crippen molar-refractivity contribution in [2.75, 3.05) is 0 Å². The molecule has 3 heteroatoms. The normalized spacial score (nSPS) is 9.00. The fourth-order valence-electron chi connectivity index (χ4n) is 0.0272. The average Bonchev–Trinajstić information content (AvgIpc) is 1.41. The molecular formula is C2H4O3. The summed E-state index contributed by atoms with van der Waals surface area (Å²) in [5.74, 6) is 0. The summed E-state index contributed by atoms with van der Waals surface area (Å²) in [6, 6.07) is 0. The SMILES string of the molecule is OC=COO. The number of rotatable bonds is 1. The fourth-order valence-corrected chi connectivity index (χ4v) is 0.0272. The monoisotopic (exact) mass is 76.0 g/mol. The Bertz CT molecular complexity index is 31.9. The maximum absolute atomic E-state index is 7.60. The third-order valence-corrected chi connectivity index (χ3v) is 0.122. The summed E-state index contributed by atoms with van der Waals surface area (Å²) in [6.07, 6.45) is 1.32. The highest BCUT2D eigenvalue weighted by Crippen LogP contribution is 1.59. The predicted molar refractivity (Wildman–Crippen MR) is 15.5 cm³/mol. The molecule has 3 nitrogen and oxygen atoms in total. The highest BCUT2D eigenvalue weighted by atomic mass is 17.1. The first-order chi connectivity index (χ1) is 2.41. The van der Waals surface area contributed by atoms with Crippen LogP contribution in [0.3, 0.4) is 0 Å². The summed E-state index contributed by atoms with van der Waals surface area (Å²) >= 11 is 0. The molecule has 0 aromatic heterocycles. The standard InChI is InChI=1S/C2H4O3/c3-1-2-5-4/h1-4H. The lowest BCUT2D eigenvalue weighted by atomic mass is 11.1. The maximum atomic E-state index is 7.60. The molecule has 0 atom stereocenters. The molecular weight excluding hydrogens is 72.0 g/mol. The van der Waals surface area contributed by atoms with Crippen molar-refractivity contribution in [1.82, 2.24) is 0 Å². The first kappa shape index (κ1) is 4.30. The van der Waals surface area contributed by atoms with Crippen molar-refractivity contribution in [2.24, 2.45) is 0 Å². The molecule has 2 N–H and O–H groups in total. The van der Waals surface area contributed by atoms with Gasteiger partial charge in [0, 0.05) is 0 Å². The molecule has 30 valence electrons. The quantitative estimate of drug-likeness (QED) is 0.271. The molecule has 0 bridgehead atoms. The van der Waals surface area contributed by atoms with Crippen molar-refractivity contribution >= 4 is 0 Å². The van der Waals surface area contributed by atoms with Crippen LogP contribution in [-0.4, -0.2) is 10.4 Å². The molecule has 0 saturated heterocycles. The van der Waals surface area contributed by atoms with Crippen LogP contribution < -0.4 is 0 Å². The Morgan fingerprint density at radius 2 is 2.20 bits per heavy atom. The molecule has 0 rings (SSSR count). The Hall–Kier alpha value is -0.700. The lowest BCUT2D eigenvalue weighted by Gasteiger charge is -1.72. The smallest absolute Gasteiger partial charge is 0.163 e. The predicted octanol–water partition coefficient (Wildman–Crippen LogP) is 0.505. The first-order valence-corrected chi connectivity index (χ1v) is 1.01. The van der Waals surface area contributed by atoms with Crippen molar-refractivity contribution in [2.45, 2.75) is 0 Å². The van der Waals surface area contributed by atoms with Gasteiger partial charge in [0.15, 0.2) is 6.26 Å². The lowest BCUT2D eigenvalue weighted by Crippen LogP contribution is -1.61. The second-order valence-electron chi connectivity index (χ2n) is 0.391. The molecule has 0 aromatic rings. The third kappa shape index (κ3) is 3.30. The molecule has 0 aliphatic rings. The molecule has 0 aliphatic heterocycles.